The molecular formula is C16H16BrN3O3. The molecule has 1 atom stereocenters. The minimum Gasteiger partial charge on any atom is -0.361 e. The lowest BCUT2D eigenvalue weighted by atomic mass is 9.92. The second kappa shape index (κ2) is 5.49. The molecule has 2 aromatic rings. The Morgan fingerprint density at radius 2 is 2.00 bits per heavy atom. The van der Waals surface area contributed by atoms with Gasteiger partial charge in [0.2, 0.25) is 0 Å². The standard InChI is InChI=1S/C16H16BrN3O3/c1-9-11(10(2)23-19-9)8-20-14(21)16(3,18-15(20)22)12-6-4-5-7-13(12)17/h4-7H,8H2,1-3H3,(H,18,22). The van der Waals surface area contributed by atoms with Crippen molar-refractivity contribution in [2.24, 2.45) is 0 Å². The van der Waals surface area contributed by atoms with E-state index >= 15 is 0 Å². The maximum Gasteiger partial charge on any atom is 0.325 e. The summed E-state index contributed by atoms with van der Waals surface area (Å²) in [7, 11) is 0. The Hall–Kier alpha value is -2.15. The molecule has 1 aromatic heterocycles. The Morgan fingerprint density at radius 1 is 1.30 bits per heavy atom. The van der Waals surface area contributed by atoms with Gasteiger partial charge in [0.15, 0.2) is 0 Å². The van der Waals surface area contributed by atoms with Crippen molar-refractivity contribution in [2.45, 2.75) is 32.9 Å². The number of aryl methyl sites for hydroxylation is 2. The summed E-state index contributed by atoms with van der Waals surface area (Å²) in [5.41, 5.74) is 1.05. The number of benzene rings is 1. The zero-order valence-corrected chi connectivity index (χ0v) is 14.6. The minimum atomic E-state index is -1.10. The van der Waals surface area contributed by atoms with E-state index in [0.29, 0.717) is 11.5 Å². The number of imide groups is 1. The van der Waals surface area contributed by atoms with Gasteiger partial charge in [0, 0.05) is 15.6 Å². The van der Waals surface area contributed by atoms with Crippen LogP contribution in [0.1, 0.15) is 29.5 Å². The van der Waals surface area contributed by atoms with Crippen LogP contribution in [-0.2, 0) is 16.9 Å². The summed E-state index contributed by atoms with van der Waals surface area (Å²) in [5.74, 6) is 0.312. The molecule has 1 aliphatic heterocycles. The van der Waals surface area contributed by atoms with E-state index < -0.39 is 11.6 Å². The summed E-state index contributed by atoms with van der Waals surface area (Å²) in [6.45, 7) is 5.41. The van der Waals surface area contributed by atoms with Gasteiger partial charge in [0.1, 0.15) is 11.3 Å². The highest BCUT2D eigenvalue weighted by Crippen LogP contribution is 2.34. The molecule has 1 N–H and O–H groups in total. The van der Waals surface area contributed by atoms with Gasteiger partial charge in [-0.1, -0.05) is 39.3 Å². The van der Waals surface area contributed by atoms with Crippen LogP contribution in [0.5, 0.6) is 0 Å². The zero-order chi connectivity index (χ0) is 16.8. The molecule has 120 valence electrons. The lowest BCUT2D eigenvalue weighted by Crippen LogP contribution is -2.41. The summed E-state index contributed by atoms with van der Waals surface area (Å²) in [6, 6.07) is 6.94. The van der Waals surface area contributed by atoms with Crippen LogP contribution in [0.4, 0.5) is 4.79 Å². The molecule has 6 nitrogen and oxygen atoms in total. The van der Waals surface area contributed by atoms with E-state index in [1.54, 1.807) is 20.8 Å². The van der Waals surface area contributed by atoms with Crippen LogP contribution in [0.2, 0.25) is 0 Å². The Kier molecular flexibility index (Phi) is 3.75. The van der Waals surface area contributed by atoms with Crippen molar-refractivity contribution in [3.05, 3.63) is 51.3 Å². The minimum absolute atomic E-state index is 0.145. The van der Waals surface area contributed by atoms with Gasteiger partial charge in [0.05, 0.1) is 12.2 Å². The van der Waals surface area contributed by atoms with E-state index in [2.05, 4.69) is 26.4 Å². The van der Waals surface area contributed by atoms with Crippen LogP contribution >= 0.6 is 15.9 Å². The van der Waals surface area contributed by atoms with Crippen molar-refractivity contribution >= 4 is 27.9 Å². The first kappa shape index (κ1) is 15.7. The third-order valence-electron chi connectivity index (χ3n) is 4.18. The molecule has 7 heteroatoms. The number of nitrogens with one attached hydrogen (secondary N) is 1. The SMILES string of the molecule is Cc1noc(C)c1CN1C(=O)NC(C)(c2ccccc2Br)C1=O. The molecule has 3 rings (SSSR count). The second-order valence-electron chi connectivity index (χ2n) is 5.73. The third kappa shape index (κ3) is 2.45. The fourth-order valence-electron chi connectivity index (χ4n) is 2.78. The van der Waals surface area contributed by atoms with Crippen molar-refractivity contribution < 1.29 is 14.1 Å². The Morgan fingerprint density at radius 3 is 2.61 bits per heavy atom. The largest absolute Gasteiger partial charge is 0.361 e. The molecule has 0 saturated carbocycles. The number of carbonyl (C=O) groups excluding carboxylic acids is 2. The summed E-state index contributed by atoms with van der Waals surface area (Å²) in [5, 5.41) is 6.66. The average Bonchev–Trinajstić information content (AvgIpc) is 2.93. The molecule has 0 bridgehead atoms. The van der Waals surface area contributed by atoms with E-state index in [4.69, 9.17) is 4.52 Å². The number of hydrogen-bond acceptors (Lipinski definition) is 4. The van der Waals surface area contributed by atoms with Crippen LogP contribution < -0.4 is 5.32 Å². The molecule has 1 aromatic carbocycles. The van der Waals surface area contributed by atoms with Crippen molar-refractivity contribution in [2.75, 3.05) is 0 Å². The molecular weight excluding hydrogens is 362 g/mol. The Labute approximate surface area is 142 Å². The monoisotopic (exact) mass is 377 g/mol. The summed E-state index contributed by atoms with van der Waals surface area (Å²) < 4.78 is 5.88. The molecule has 1 saturated heterocycles. The first-order chi connectivity index (χ1) is 10.8. The topological polar surface area (TPSA) is 75.4 Å². The summed E-state index contributed by atoms with van der Waals surface area (Å²) >= 11 is 3.45. The summed E-state index contributed by atoms with van der Waals surface area (Å²) in [4.78, 5) is 26.5. The highest BCUT2D eigenvalue weighted by Gasteiger charge is 2.49. The highest BCUT2D eigenvalue weighted by atomic mass is 79.9. The van der Waals surface area contributed by atoms with Crippen LogP contribution in [-0.4, -0.2) is 22.0 Å². The number of halogens is 1. The van der Waals surface area contributed by atoms with E-state index in [0.717, 1.165) is 15.6 Å². The van der Waals surface area contributed by atoms with Crippen LogP contribution in [0.3, 0.4) is 0 Å². The zero-order valence-electron chi connectivity index (χ0n) is 13.0. The number of hydrogen-bond donors (Lipinski definition) is 1. The third-order valence-corrected chi connectivity index (χ3v) is 4.88. The fourth-order valence-corrected chi connectivity index (χ4v) is 3.46. The smallest absolute Gasteiger partial charge is 0.325 e. The second-order valence-corrected chi connectivity index (χ2v) is 6.58. The molecule has 1 unspecified atom stereocenters. The van der Waals surface area contributed by atoms with Crippen LogP contribution in [0.15, 0.2) is 33.3 Å². The average molecular weight is 378 g/mol. The number of aromatic nitrogens is 1. The van der Waals surface area contributed by atoms with Crippen molar-refractivity contribution in [3.63, 3.8) is 0 Å². The van der Waals surface area contributed by atoms with Crippen LogP contribution in [0.25, 0.3) is 0 Å². The van der Waals surface area contributed by atoms with E-state index in [9.17, 15) is 9.59 Å². The van der Waals surface area contributed by atoms with Gasteiger partial charge in [-0.05, 0) is 26.8 Å². The molecule has 1 aliphatic rings. The molecule has 0 aliphatic carbocycles. The number of amides is 3. The van der Waals surface area contributed by atoms with Gasteiger partial charge in [-0.3, -0.25) is 9.69 Å². The van der Waals surface area contributed by atoms with Gasteiger partial charge in [0.25, 0.3) is 5.91 Å². The first-order valence-corrected chi connectivity index (χ1v) is 7.94. The van der Waals surface area contributed by atoms with E-state index in [1.807, 2.05) is 24.3 Å². The predicted molar refractivity (Wildman–Crippen MR) is 86.6 cm³/mol. The molecule has 23 heavy (non-hydrogen) atoms. The molecule has 0 radical (unpaired) electrons. The van der Waals surface area contributed by atoms with Crippen molar-refractivity contribution in [3.8, 4) is 0 Å². The number of rotatable bonds is 3. The van der Waals surface area contributed by atoms with E-state index in [-0.39, 0.29) is 12.5 Å². The Balaban J connectivity index is 1.96. The molecule has 0 spiro atoms. The molecule has 1 fully saturated rings. The number of nitrogens with zero attached hydrogens (tertiary/aromatic N) is 2. The quantitative estimate of drug-likeness (QED) is 0.834. The van der Waals surface area contributed by atoms with Crippen LogP contribution in [0, 0.1) is 13.8 Å². The predicted octanol–water partition coefficient (Wildman–Crippen LogP) is 3.02. The van der Waals surface area contributed by atoms with Crippen molar-refractivity contribution in [1.29, 1.82) is 0 Å². The van der Waals surface area contributed by atoms with Gasteiger partial charge in [-0.2, -0.15) is 0 Å². The summed E-state index contributed by atoms with van der Waals surface area (Å²) in [6.07, 6.45) is 0. The highest BCUT2D eigenvalue weighted by molar-refractivity contribution is 9.10. The normalized spacial score (nSPS) is 21.0. The lowest BCUT2D eigenvalue weighted by molar-refractivity contribution is -0.131. The van der Waals surface area contributed by atoms with Gasteiger partial charge >= 0.3 is 6.03 Å². The maximum absolute atomic E-state index is 12.9. The van der Waals surface area contributed by atoms with Gasteiger partial charge in [-0.25, -0.2) is 4.79 Å². The van der Waals surface area contributed by atoms with Gasteiger partial charge in [-0.15, -0.1) is 0 Å². The number of carbonyl (C=O) groups is 2. The lowest BCUT2D eigenvalue weighted by Gasteiger charge is -2.23. The Bertz CT molecular complexity index is 782. The molecule has 3 amide bonds. The maximum atomic E-state index is 12.9. The van der Waals surface area contributed by atoms with Crippen molar-refractivity contribution in [1.82, 2.24) is 15.4 Å². The first-order valence-electron chi connectivity index (χ1n) is 7.15. The molecule has 2 heterocycles. The van der Waals surface area contributed by atoms with Gasteiger partial charge < -0.3 is 9.84 Å². The number of urea groups is 1. The fraction of sp³-hybridized carbons (Fsp3) is 0.312. The van der Waals surface area contributed by atoms with E-state index in [1.165, 1.54) is 4.90 Å².